The molecule has 9 heteroatoms. The van der Waals surface area contributed by atoms with Crippen molar-refractivity contribution in [2.75, 3.05) is 10.7 Å². The molecular weight excluding hydrogens is 393 g/mol. The normalized spacial score (nSPS) is 10.7. The van der Waals surface area contributed by atoms with Gasteiger partial charge in [0.25, 0.3) is 0 Å². The van der Waals surface area contributed by atoms with Gasteiger partial charge in [-0.2, -0.15) is 0 Å². The smallest absolute Gasteiger partial charge is 0.305 e. The first-order chi connectivity index (χ1) is 10.5. The van der Waals surface area contributed by atoms with Crippen LogP contribution in [0, 0.1) is 0 Å². The minimum atomic E-state index is -0.538. The Morgan fingerprint density at radius 3 is 2.73 bits per heavy atom. The van der Waals surface area contributed by atoms with Crippen LogP contribution in [0.3, 0.4) is 0 Å². The molecular formula is C13H8BrCl2N5O. The van der Waals surface area contributed by atoms with Crippen LogP contribution in [-0.2, 0) is 0 Å². The lowest BCUT2D eigenvalue weighted by atomic mass is 10.3. The lowest BCUT2D eigenvalue weighted by Crippen LogP contribution is -2.29. The van der Waals surface area contributed by atoms with Crippen molar-refractivity contribution in [3.05, 3.63) is 50.9 Å². The summed E-state index contributed by atoms with van der Waals surface area (Å²) in [7, 11) is 0. The Balaban J connectivity index is 1.76. The van der Waals surface area contributed by atoms with Crippen LogP contribution in [-0.4, -0.2) is 21.1 Å². The molecule has 0 fully saturated rings. The number of hydrogen-bond donors (Lipinski definition) is 2. The molecule has 22 heavy (non-hydrogen) atoms. The molecule has 3 aromatic rings. The van der Waals surface area contributed by atoms with E-state index in [1.165, 1.54) is 0 Å². The van der Waals surface area contributed by atoms with Gasteiger partial charge in [-0.05, 0) is 30.3 Å². The molecule has 3 rings (SSSR count). The summed E-state index contributed by atoms with van der Waals surface area (Å²) in [5.41, 5.74) is 4.17. The predicted molar refractivity (Wildman–Crippen MR) is 90.1 cm³/mol. The standard InChI is InChI=1S/C13H8BrCl2N5O/c14-7-4-5-9-11(6-7)19-21(18-9)20-13(22)17-10-3-1-2-8(15)12(10)16/h1-6H,(H2,17,20,22). The highest BCUT2D eigenvalue weighted by Gasteiger charge is 2.10. The topological polar surface area (TPSA) is 71.8 Å². The number of hydrogen-bond acceptors (Lipinski definition) is 3. The third-order valence-electron chi connectivity index (χ3n) is 2.74. The SMILES string of the molecule is O=C(Nc1cccc(Cl)c1Cl)Nn1nc2ccc(Br)cc2n1. The highest BCUT2D eigenvalue weighted by atomic mass is 79.9. The number of urea groups is 1. The molecule has 0 atom stereocenters. The molecule has 112 valence electrons. The molecule has 0 aliphatic rings. The van der Waals surface area contributed by atoms with Gasteiger partial charge in [-0.3, -0.25) is 0 Å². The third kappa shape index (κ3) is 3.16. The molecule has 1 heterocycles. The first-order valence-electron chi connectivity index (χ1n) is 6.07. The first-order valence-corrected chi connectivity index (χ1v) is 7.62. The van der Waals surface area contributed by atoms with E-state index in [9.17, 15) is 4.79 Å². The van der Waals surface area contributed by atoms with Crippen molar-refractivity contribution in [3.63, 3.8) is 0 Å². The van der Waals surface area contributed by atoms with Gasteiger partial charge in [0.2, 0.25) is 0 Å². The summed E-state index contributed by atoms with van der Waals surface area (Å²) in [4.78, 5) is 13.0. The first kappa shape index (κ1) is 15.1. The number of benzene rings is 2. The Bertz CT molecular complexity index is 867. The summed E-state index contributed by atoms with van der Waals surface area (Å²) in [6, 6.07) is 9.84. The Hall–Kier alpha value is -1.83. The van der Waals surface area contributed by atoms with E-state index >= 15 is 0 Å². The van der Waals surface area contributed by atoms with Crippen molar-refractivity contribution in [1.82, 2.24) is 15.1 Å². The van der Waals surface area contributed by atoms with Crippen molar-refractivity contribution < 1.29 is 4.79 Å². The maximum Gasteiger partial charge on any atom is 0.341 e. The van der Waals surface area contributed by atoms with E-state index in [1.54, 1.807) is 30.3 Å². The molecule has 0 saturated carbocycles. The van der Waals surface area contributed by atoms with Gasteiger partial charge < -0.3 is 5.32 Å². The van der Waals surface area contributed by atoms with Crippen LogP contribution in [0.2, 0.25) is 10.0 Å². The van der Waals surface area contributed by atoms with Crippen molar-refractivity contribution in [2.24, 2.45) is 0 Å². The molecule has 6 nitrogen and oxygen atoms in total. The van der Waals surface area contributed by atoms with E-state index in [0.717, 1.165) is 9.38 Å². The molecule has 2 aromatic carbocycles. The molecule has 0 unspecified atom stereocenters. The van der Waals surface area contributed by atoms with Crippen molar-refractivity contribution in [1.29, 1.82) is 0 Å². The van der Waals surface area contributed by atoms with E-state index < -0.39 is 6.03 Å². The van der Waals surface area contributed by atoms with Gasteiger partial charge in [0.05, 0.1) is 15.7 Å². The molecule has 2 N–H and O–H groups in total. The van der Waals surface area contributed by atoms with Crippen molar-refractivity contribution in [3.8, 4) is 0 Å². The van der Waals surface area contributed by atoms with E-state index in [-0.39, 0.29) is 5.02 Å². The maximum atomic E-state index is 12.0. The molecule has 0 aliphatic carbocycles. The van der Waals surface area contributed by atoms with Crippen LogP contribution < -0.4 is 10.7 Å². The van der Waals surface area contributed by atoms with E-state index in [2.05, 4.69) is 36.9 Å². The minimum Gasteiger partial charge on any atom is -0.305 e. The van der Waals surface area contributed by atoms with Gasteiger partial charge in [-0.25, -0.2) is 10.2 Å². The van der Waals surface area contributed by atoms with Crippen molar-refractivity contribution in [2.45, 2.75) is 0 Å². The molecule has 0 aliphatic heterocycles. The van der Waals surface area contributed by atoms with Gasteiger partial charge in [0, 0.05) is 4.47 Å². The van der Waals surface area contributed by atoms with Gasteiger partial charge in [0.1, 0.15) is 11.0 Å². The fourth-order valence-corrected chi connectivity index (χ4v) is 2.48. The average Bonchev–Trinajstić information content (AvgIpc) is 2.85. The summed E-state index contributed by atoms with van der Waals surface area (Å²) in [5.74, 6) is 0. The van der Waals surface area contributed by atoms with Crippen LogP contribution in [0.15, 0.2) is 40.9 Å². The van der Waals surface area contributed by atoms with Gasteiger partial charge in [-0.15, -0.1) is 10.2 Å². The second-order valence-corrected chi connectivity index (χ2v) is 5.99. The fourth-order valence-electron chi connectivity index (χ4n) is 1.78. The number of nitrogens with zero attached hydrogens (tertiary/aromatic N) is 3. The van der Waals surface area contributed by atoms with Gasteiger partial charge in [-0.1, -0.05) is 50.1 Å². The lowest BCUT2D eigenvalue weighted by Gasteiger charge is -2.08. The summed E-state index contributed by atoms with van der Waals surface area (Å²) in [5, 5.41) is 11.5. The third-order valence-corrected chi connectivity index (χ3v) is 4.06. The number of aromatic nitrogens is 3. The van der Waals surface area contributed by atoms with Gasteiger partial charge >= 0.3 is 6.03 Å². The van der Waals surface area contributed by atoms with Crippen LogP contribution in [0.1, 0.15) is 0 Å². The number of nitrogens with one attached hydrogen (secondary N) is 2. The Kier molecular flexibility index (Phi) is 4.19. The maximum absolute atomic E-state index is 12.0. The van der Waals surface area contributed by atoms with Crippen molar-refractivity contribution >= 4 is 61.9 Å². The number of carbonyl (C=O) groups is 1. The monoisotopic (exact) mass is 399 g/mol. The van der Waals surface area contributed by atoms with E-state index in [4.69, 9.17) is 23.2 Å². The highest BCUT2D eigenvalue weighted by molar-refractivity contribution is 9.10. The molecule has 0 radical (unpaired) electrons. The zero-order chi connectivity index (χ0) is 15.7. The van der Waals surface area contributed by atoms with Crippen LogP contribution >= 0.6 is 39.1 Å². The molecule has 0 saturated heterocycles. The molecule has 1 aromatic heterocycles. The number of fused-ring (bicyclic) bond motifs is 1. The number of carbonyl (C=O) groups excluding carboxylic acids is 1. The van der Waals surface area contributed by atoms with E-state index in [1.807, 2.05) is 6.07 Å². The number of anilines is 1. The second-order valence-electron chi connectivity index (χ2n) is 4.29. The van der Waals surface area contributed by atoms with E-state index in [0.29, 0.717) is 21.7 Å². The quantitative estimate of drug-likeness (QED) is 0.674. The number of halogens is 3. The minimum absolute atomic E-state index is 0.266. The highest BCUT2D eigenvalue weighted by Crippen LogP contribution is 2.29. The number of rotatable bonds is 2. The Morgan fingerprint density at radius 1 is 1.14 bits per heavy atom. The lowest BCUT2D eigenvalue weighted by molar-refractivity contribution is 0.258. The molecule has 0 spiro atoms. The Labute approximate surface area is 143 Å². The zero-order valence-corrected chi connectivity index (χ0v) is 13.9. The summed E-state index contributed by atoms with van der Waals surface area (Å²) >= 11 is 15.2. The number of amides is 2. The second kappa shape index (κ2) is 6.12. The molecule has 0 bridgehead atoms. The van der Waals surface area contributed by atoms with Crippen LogP contribution in [0.4, 0.5) is 10.5 Å². The van der Waals surface area contributed by atoms with Crippen LogP contribution in [0.25, 0.3) is 11.0 Å². The Morgan fingerprint density at radius 2 is 1.91 bits per heavy atom. The summed E-state index contributed by atoms with van der Waals surface area (Å²) in [6.07, 6.45) is 0. The van der Waals surface area contributed by atoms with Gasteiger partial charge in [0.15, 0.2) is 0 Å². The largest absolute Gasteiger partial charge is 0.341 e. The summed E-state index contributed by atoms with van der Waals surface area (Å²) < 4.78 is 0.877. The average molecular weight is 401 g/mol. The fraction of sp³-hybridized carbons (Fsp3) is 0. The zero-order valence-electron chi connectivity index (χ0n) is 10.8. The van der Waals surface area contributed by atoms with Crippen LogP contribution in [0.5, 0.6) is 0 Å². The summed E-state index contributed by atoms with van der Waals surface area (Å²) in [6.45, 7) is 0. The molecule has 2 amide bonds. The predicted octanol–water partition coefficient (Wildman–Crippen LogP) is 4.28.